The van der Waals surface area contributed by atoms with Gasteiger partial charge in [-0.1, -0.05) is 0 Å². The second kappa shape index (κ2) is 5.31. The molecule has 0 aliphatic heterocycles. The Morgan fingerprint density at radius 3 is 2.53 bits per heavy atom. The second-order valence-corrected chi connectivity index (χ2v) is 7.56. The zero-order valence-corrected chi connectivity index (χ0v) is 12.9. The maximum absolute atomic E-state index is 11.6. The van der Waals surface area contributed by atoms with Crippen molar-refractivity contribution in [2.45, 2.75) is 30.2 Å². The number of nitrogens with zero attached hydrogens (tertiary/aromatic N) is 1. The van der Waals surface area contributed by atoms with Crippen molar-refractivity contribution in [2.75, 3.05) is 21.2 Å². The Morgan fingerprint density at radius 2 is 2.00 bits per heavy atom. The lowest BCUT2D eigenvalue weighted by Crippen LogP contribution is -2.34. The van der Waals surface area contributed by atoms with Crippen molar-refractivity contribution in [1.29, 1.82) is 0 Å². The predicted molar refractivity (Wildman–Crippen MR) is 75.5 cm³/mol. The van der Waals surface area contributed by atoms with Gasteiger partial charge < -0.3 is 9.64 Å². The van der Waals surface area contributed by atoms with E-state index in [4.69, 9.17) is 15.4 Å². The van der Waals surface area contributed by atoms with E-state index >= 15 is 0 Å². The van der Waals surface area contributed by atoms with Gasteiger partial charge in [0.05, 0.1) is 12.0 Å². The summed E-state index contributed by atoms with van der Waals surface area (Å²) in [6, 6.07) is 3.62. The molecule has 0 aromatic heterocycles. The lowest BCUT2D eigenvalue weighted by molar-refractivity contribution is 0.263. The van der Waals surface area contributed by atoms with E-state index in [1.807, 2.05) is 14.1 Å². The van der Waals surface area contributed by atoms with Crippen LogP contribution >= 0.6 is 10.7 Å². The van der Waals surface area contributed by atoms with Crippen LogP contribution in [0.4, 0.5) is 0 Å². The molecule has 106 valence electrons. The van der Waals surface area contributed by atoms with Gasteiger partial charge in [-0.3, -0.25) is 0 Å². The zero-order valence-electron chi connectivity index (χ0n) is 11.3. The Bertz CT molecular complexity index is 584. The van der Waals surface area contributed by atoms with E-state index in [2.05, 4.69) is 4.90 Å². The van der Waals surface area contributed by atoms with Crippen LogP contribution in [-0.4, -0.2) is 40.6 Å². The first-order valence-corrected chi connectivity index (χ1v) is 8.45. The van der Waals surface area contributed by atoms with E-state index in [1.54, 1.807) is 13.2 Å². The molecule has 0 amide bonds. The minimum absolute atomic E-state index is 0.224. The van der Waals surface area contributed by atoms with Gasteiger partial charge in [-0.25, -0.2) is 8.42 Å². The molecule has 0 saturated heterocycles. The number of hydrogen-bond donors (Lipinski definition) is 0. The molecule has 0 radical (unpaired) electrons. The number of halogens is 1. The van der Waals surface area contributed by atoms with Gasteiger partial charge in [0.2, 0.25) is 0 Å². The van der Waals surface area contributed by atoms with Crippen LogP contribution in [0.5, 0.6) is 5.75 Å². The van der Waals surface area contributed by atoms with Crippen molar-refractivity contribution in [3.05, 3.63) is 23.3 Å². The van der Waals surface area contributed by atoms with Gasteiger partial charge in [0.1, 0.15) is 5.75 Å². The largest absolute Gasteiger partial charge is 0.496 e. The Hall–Kier alpha value is -0.780. The summed E-state index contributed by atoms with van der Waals surface area (Å²) >= 11 is 0. The average Bonchev–Trinajstić information content (AvgIpc) is 2.35. The lowest BCUT2D eigenvalue weighted by atomic mass is 9.87. The third-order valence-corrected chi connectivity index (χ3v) is 5.13. The molecule has 19 heavy (non-hydrogen) atoms. The summed E-state index contributed by atoms with van der Waals surface area (Å²) in [6.45, 7) is 0. The number of fused-ring (bicyclic) bond motifs is 1. The maximum Gasteiger partial charge on any atom is 0.261 e. The summed E-state index contributed by atoms with van der Waals surface area (Å²) < 4.78 is 28.6. The molecule has 1 aromatic rings. The maximum atomic E-state index is 11.6. The van der Waals surface area contributed by atoms with Gasteiger partial charge in [0.15, 0.2) is 0 Å². The van der Waals surface area contributed by atoms with Gasteiger partial charge >= 0.3 is 0 Å². The smallest absolute Gasteiger partial charge is 0.261 e. The van der Waals surface area contributed by atoms with E-state index in [-0.39, 0.29) is 4.90 Å². The molecule has 4 nitrogen and oxygen atoms in total. The normalized spacial score (nSPS) is 19.3. The van der Waals surface area contributed by atoms with Gasteiger partial charge in [0, 0.05) is 22.3 Å². The van der Waals surface area contributed by atoms with Crippen molar-refractivity contribution in [2.24, 2.45) is 0 Å². The fourth-order valence-corrected chi connectivity index (χ4v) is 3.84. The molecule has 0 bridgehead atoms. The van der Waals surface area contributed by atoms with Crippen LogP contribution in [0.1, 0.15) is 17.5 Å². The van der Waals surface area contributed by atoms with E-state index < -0.39 is 9.05 Å². The number of benzene rings is 1. The molecular formula is C13H18ClNO3S. The molecule has 0 unspecified atom stereocenters. The topological polar surface area (TPSA) is 46.6 Å². The minimum atomic E-state index is -3.70. The van der Waals surface area contributed by atoms with Crippen LogP contribution in [-0.2, 0) is 21.9 Å². The average molecular weight is 304 g/mol. The predicted octanol–water partition coefficient (Wildman–Crippen LogP) is 2.04. The summed E-state index contributed by atoms with van der Waals surface area (Å²) in [5.74, 6) is 0.741. The van der Waals surface area contributed by atoms with Gasteiger partial charge in [-0.05, 0) is 51.1 Å². The zero-order chi connectivity index (χ0) is 14.2. The van der Waals surface area contributed by atoms with Crippen LogP contribution in [0.2, 0.25) is 0 Å². The lowest BCUT2D eigenvalue weighted by Gasteiger charge is -2.31. The van der Waals surface area contributed by atoms with E-state index in [0.717, 1.165) is 29.7 Å². The Balaban J connectivity index is 2.55. The molecule has 0 heterocycles. The van der Waals surface area contributed by atoms with Crippen molar-refractivity contribution >= 4 is 19.7 Å². The highest BCUT2D eigenvalue weighted by Crippen LogP contribution is 2.36. The molecule has 0 spiro atoms. The fourth-order valence-electron chi connectivity index (χ4n) is 2.66. The molecule has 0 N–H and O–H groups in total. The number of methoxy groups -OCH3 is 1. The van der Waals surface area contributed by atoms with Crippen molar-refractivity contribution in [1.82, 2.24) is 4.90 Å². The van der Waals surface area contributed by atoms with Crippen molar-refractivity contribution in [3.63, 3.8) is 0 Å². The van der Waals surface area contributed by atoms with Crippen LogP contribution in [0, 0.1) is 0 Å². The molecule has 1 atom stereocenters. The van der Waals surface area contributed by atoms with Crippen LogP contribution in [0.25, 0.3) is 0 Å². The number of likely N-dealkylation sites (N-methyl/N-ethyl adjacent to an activating group) is 1. The van der Waals surface area contributed by atoms with E-state index in [9.17, 15) is 8.42 Å². The first-order valence-electron chi connectivity index (χ1n) is 6.14. The number of ether oxygens (including phenoxy) is 1. The van der Waals surface area contributed by atoms with Gasteiger partial charge in [0.25, 0.3) is 9.05 Å². The molecular weight excluding hydrogens is 286 g/mol. The molecule has 1 aliphatic rings. The number of hydrogen-bond acceptors (Lipinski definition) is 4. The third kappa shape index (κ3) is 2.88. The highest BCUT2D eigenvalue weighted by atomic mass is 35.7. The molecule has 1 aromatic carbocycles. The summed E-state index contributed by atoms with van der Waals surface area (Å²) in [6.07, 6.45) is 2.41. The molecule has 6 heteroatoms. The standard InChI is InChI=1S/C13H18ClNO3S/c1-15(2)9-4-5-10-11(8-9)12(18-3)6-7-13(10)19(14,16)17/h6-7,9H,4-5,8H2,1-3H3/t9-/m0/s1. The quantitative estimate of drug-likeness (QED) is 0.802. The molecule has 1 aliphatic carbocycles. The summed E-state index contributed by atoms with van der Waals surface area (Å²) in [5, 5.41) is 0. The first kappa shape index (κ1) is 14.6. The molecule has 0 saturated carbocycles. The van der Waals surface area contributed by atoms with Crippen LogP contribution in [0.3, 0.4) is 0 Å². The SMILES string of the molecule is COc1ccc(S(=O)(=O)Cl)c2c1C[C@@H](N(C)C)CC2. The van der Waals surface area contributed by atoms with Crippen molar-refractivity contribution in [3.8, 4) is 5.75 Å². The first-order chi connectivity index (χ1) is 8.84. The third-order valence-electron chi connectivity index (χ3n) is 3.73. The highest BCUT2D eigenvalue weighted by Gasteiger charge is 2.28. The summed E-state index contributed by atoms with van der Waals surface area (Å²) in [5.41, 5.74) is 1.78. The van der Waals surface area contributed by atoms with E-state index in [1.165, 1.54) is 6.07 Å². The van der Waals surface area contributed by atoms with Crippen molar-refractivity contribution < 1.29 is 13.2 Å². The Labute approximate surface area is 118 Å². The van der Waals surface area contributed by atoms with Gasteiger partial charge in [-0.2, -0.15) is 0 Å². The summed E-state index contributed by atoms with van der Waals surface area (Å²) in [4.78, 5) is 2.38. The molecule has 0 fully saturated rings. The second-order valence-electron chi connectivity index (χ2n) is 5.02. The Kier molecular flexibility index (Phi) is 4.08. The monoisotopic (exact) mass is 303 g/mol. The van der Waals surface area contributed by atoms with Crippen LogP contribution in [0.15, 0.2) is 17.0 Å². The van der Waals surface area contributed by atoms with Crippen LogP contribution < -0.4 is 4.74 Å². The Morgan fingerprint density at radius 1 is 1.32 bits per heavy atom. The fraction of sp³-hybridized carbons (Fsp3) is 0.538. The minimum Gasteiger partial charge on any atom is -0.496 e. The van der Waals surface area contributed by atoms with Gasteiger partial charge in [-0.15, -0.1) is 0 Å². The molecule has 2 rings (SSSR count). The number of rotatable bonds is 3. The highest BCUT2D eigenvalue weighted by molar-refractivity contribution is 8.13. The summed E-state index contributed by atoms with van der Waals surface area (Å²) in [7, 11) is 7.47. The van der Waals surface area contributed by atoms with E-state index in [0.29, 0.717) is 12.5 Å².